The van der Waals surface area contributed by atoms with Crippen LogP contribution in [0.1, 0.15) is 24.2 Å². The normalized spacial score (nSPS) is 12.2. The molecule has 2 aromatic heterocycles. The molecule has 0 radical (unpaired) electrons. The van der Waals surface area contributed by atoms with Crippen LogP contribution in [0.3, 0.4) is 0 Å². The molecule has 0 amide bonds. The van der Waals surface area contributed by atoms with Crippen molar-refractivity contribution in [2.24, 2.45) is 7.05 Å². The fraction of sp³-hybridized carbons (Fsp3) is 0.353. The lowest BCUT2D eigenvalue weighted by Gasteiger charge is -2.19. The van der Waals surface area contributed by atoms with Crippen LogP contribution in [0, 0.1) is 6.92 Å². The average molecular weight is 327 g/mol. The van der Waals surface area contributed by atoms with Crippen LogP contribution in [0.15, 0.2) is 24.5 Å². The third kappa shape index (κ3) is 2.73. The third-order valence-electron chi connectivity index (χ3n) is 4.05. The van der Waals surface area contributed by atoms with Crippen LogP contribution in [0.2, 0.25) is 0 Å². The Balaban J connectivity index is 2.00. The molecule has 0 aliphatic carbocycles. The number of rotatable bonds is 5. The highest BCUT2D eigenvalue weighted by Gasteiger charge is 2.17. The van der Waals surface area contributed by atoms with Crippen molar-refractivity contribution >= 4 is 16.9 Å². The zero-order valence-corrected chi connectivity index (χ0v) is 14.5. The van der Waals surface area contributed by atoms with E-state index >= 15 is 0 Å². The highest BCUT2D eigenvalue weighted by molar-refractivity contribution is 5.87. The second kappa shape index (κ2) is 6.35. The van der Waals surface area contributed by atoms with E-state index in [-0.39, 0.29) is 6.04 Å². The molecule has 1 N–H and O–H groups in total. The lowest BCUT2D eigenvalue weighted by Crippen LogP contribution is -2.11. The first-order valence-electron chi connectivity index (χ1n) is 7.68. The number of hydrogen-bond donors (Lipinski definition) is 1. The summed E-state index contributed by atoms with van der Waals surface area (Å²) in [4.78, 5) is 8.71. The van der Waals surface area contributed by atoms with E-state index in [9.17, 15) is 0 Å². The summed E-state index contributed by atoms with van der Waals surface area (Å²) in [6, 6.07) is 5.70. The molecule has 2 heterocycles. The maximum absolute atomic E-state index is 5.47. The van der Waals surface area contributed by atoms with E-state index in [2.05, 4.69) is 27.3 Å². The molecular weight excluding hydrogens is 306 g/mol. The number of ether oxygens (including phenoxy) is 2. The van der Waals surface area contributed by atoms with Gasteiger partial charge in [0.05, 0.1) is 26.0 Å². The highest BCUT2D eigenvalue weighted by atomic mass is 16.5. The molecule has 126 valence electrons. The van der Waals surface area contributed by atoms with Gasteiger partial charge in [0.15, 0.2) is 5.82 Å². The van der Waals surface area contributed by atoms with Crippen LogP contribution in [0.5, 0.6) is 11.5 Å². The summed E-state index contributed by atoms with van der Waals surface area (Å²) >= 11 is 0. The van der Waals surface area contributed by atoms with E-state index in [1.807, 2.05) is 32.2 Å². The predicted molar refractivity (Wildman–Crippen MR) is 92.6 cm³/mol. The van der Waals surface area contributed by atoms with E-state index in [4.69, 9.17) is 9.47 Å². The molecule has 0 aliphatic rings. The van der Waals surface area contributed by atoms with Gasteiger partial charge in [-0.3, -0.25) is 4.68 Å². The predicted octanol–water partition coefficient (Wildman–Crippen LogP) is 2.86. The summed E-state index contributed by atoms with van der Waals surface area (Å²) in [5.74, 6) is 2.31. The van der Waals surface area contributed by atoms with Gasteiger partial charge in [-0.25, -0.2) is 9.97 Å². The van der Waals surface area contributed by atoms with Gasteiger partial charge >= 0.3 is 0 Å². The molecule has 0 unspecified atom stereocenters. The molecule has 0 bridgehead atoms. The molecule has 0 saturated carbocycles. The molecule has 24 heavy (non-hydrogen) atoms. The number of aromatic nitrogens is 4. The molecule has 7 heteroatoms. The molecule has 3 aromatic rings. The Hall–Kier alpha value is -2.83. The number of aryl methyl sites for hydroxylation is 2. The topological polar surface area (TPSA) is 74.1 Å². The maximum atomic E-state index is 5.47. The van der Waals surface area contributed by atoms with Crippen LogP contribution in [-0.4, -0.2) is 34.0 Å². The standard InChI is InChI=1S/C17H21N5O2/c1-10(13-8-12(23-4)6-7-14(13)24-5)20-17-16-15(18-9-19-17)11(2)21-22(16)3/h6-10H,1-5H3,(H,18,19,20)/t10-/m1/s1. The first-order chi connectivity index (χ1) is 11.5. The SMILES string of the molecule is COc1ccc(OC)c([C@@H](C)Nc2ncnc3c(C)nn(C)c23)c1. The first-order valence-corrected chi connectivity index (χ1v) is 7.68. The van der Waals surface area contributed by atoms with E-state index in [0.717, 1.165) is 39.6 Å². The van der Waals surface area contributed by atoms with Gasteiger partial charge in [-0.15, -0.1) is 0 Å². The second-order valence-electron chi connectivity index (χ2n) is 5.60. The van der Waals surface area contributed by atoms with Crippen molar-refractivity contribution in [1.82, 2.24) is 19.7 Å². The number of hydrogen-bond acceptors (Lipinski definition) is 6. The summed E-state index contributed by atoms with van der Waals surface area (Å²) in [6.45, 7) is 3.99. The molecule has 0 aliphatic heterocycles. The van der Waals surface area contributed by atoms with Crippen molar-refractivity contribution in [3.63, 3.8) is 0 Å². The monoisotopic (exact) mass is 327 g/mol. The zero-order valence-electron chi connectivity index (χ0n) is 14.5. The Bertz CT molecular complexity index is 875. The van der Waals surface area contributed by atoms with Crippen LogP contribution in [0.4, 0.5) is 5.82 Å². The van der Waals surface area contributed by atoms with Crippen LogP contribution >= 0.6 is 0 Å². The van der Waals surface area contributed by atoms with Gasteiger partial charge in [-0.2, -0.15) is 5.10 Å². The summed E-state index contributed by atoms with van der Waals surface area (Å²) in [5, 5.41) is 7.86. The summed E-state index contributed by atoms with van der Waals surface area (Å²) in [6.07, 6.45) is 1.55. The van der Waals surface area contributed by atoms with Crippen LogP contribution in [-0.2, 0) is 7.05 Å². The Labute approximate surface area is 140 Å². The lowest BCUT2D eigenvalue weighted by atomic mass is 10.1. The van der Waals surface area contributed by atoms with Crippen molar-refractivity contribution in [2.75, 3.05) is 19.5 Å². The summed E-state index contributed by atoms with van der Waals surface area (Å²) < 4.78 is 12.6. The number of benzene rings is 1. The van der Waals surface area contributed by atoms with Crippen molar-refractivity contribution in [2.45, 2.75) is 19.9 Å². The minimum atomic E-state index is -0.0386. The Kier molecular flexibility index (Phi) is 4.24. The number of anilines is 1. The zero-order chi connectivity index (χ0) is 17.3. The molecule has 3 rings (SSSR count). The Morgan fingerprint density at radius 1 is 1.17 bits per heavy atom. The number of nitrogens with one attached hydrogen (secondary N) is 1. The van der Waals surface area contributed by atoms with Crippen LogP contribution < -0.4 is 14.8 Å². The second-order valence-corrected chi connectivity index (χ2v) is 5.60. The van der Waals surface area contributed by atoms with Gasteiger partial charge in [0.2, 0.25) is 0 Å². The van der Waals surface area contributed by atoms with Crippen molar-refractivity contribution in [1.29, 1.82) is 0 Å². The first kappa shape index (κ1) is 16.0. The summed E-state index contributed by atoms with van der Waals surface area (Å²) in [5.41, 5.74) is 3.59. The average Bonchev–Trinajstić information content (AvgIpc) is 2.89. The van der Waals surface area contributed by atoms with E-state index in [0.29, 0.717) is 0 Å². The molecule has 1 aromatic carbocycles. The largest absolute Gasteiger partial charge is 0.497 e. The van der Waals surface area contributed by atoms with E-state index in [1.54, 1.807) is 25.2 Å². The van der Waals surface area contributed by atoms with Crippen molar-refractivity contribution < 1.29 is 9.47 Å². The lowest BCUT2D eigenvalue weighted by molar-refractivity contribution is 0.397. The van der Waals surface area contributed by atoms with E-state index in [1.165, 1.54) is 0 Å². The van der Waals surface area contributed by atoms with Gasteiger partial charge in [-0.05, 0) is 32.0 Å². The molecule has 0 saturated heterocycles. The molecule has 1 atom stereocenters. The smallest absolute Gasteiger partial charge is 0.156 e. The fourth-order valence-corrected chi connectivity index (χ4v) is 2.84. The molecule has 7 nitrogen and oxygen atoms in total. The maximum Gasteiger partial charge on any atom is 0.156 e. The third-order valence-corrected chi connectivity index (χ3v) is 4.05. The highest BCUT2D eigenvalue weighted by Crippen LogP contribution is 2.32. The Morgan fingerprint density at radius 3 is 2.67 bits per heavy atom. The number of nitrogens with zero attached hydrogens (tertiary/aromatic N) is 4. The fourth-order valence-electron chi connectivity index (χ4n) is 2.84. The van der Waals surface area contributed by atoms with Gasteiger partial charge in [0.1, 0.15) is 28.9 Å². The van der Waals surface area contributed by atoms with Gasteiger partial charge in [0, 0.05) is 12.6 Å². The van der Waals surface area contributed by atoms with Crippen LogP contribution in [0.25, 0.3) is 11.0 Å². The molecule has 0 fully saturated rings. The molecular formula is C17H21N5O2. The van der Waals surface area contributed by atoms with Crippen molar-refractivity contribution in [3.8, 4) is 11.5 Å². The van der Waals surface area contributed by atoms with Gasteiger partial charge in [0.25, 0.3) is 0 Å². The minimum Gasteiger partial charge on any atom is -0.497 e. The number of fused-ring (bicyclic) bond motifs is 1. The molecule has 0 spiro atoms. The number of methoxy groups -OCH3 is 2. The Morgan fingerprint density at radius 2 is 1.96 bits per heavy atom. The summed E-state index contributed by atoms with van der Waals surface area (Å²) in [7, 11) is 5.20. The van der Waals surface area contributed by atoms with Gasteiger partial charge < -0.3 is 14.8 Å². The minimum absolute atomic E-state index is 0.0386. The van der Waals surface area contributed by atoms with Crippen molar-refractivity contribution in [3.05, 3.63) is 35.8 Å². The van der Waals surface area contributed by atoms with Gasteiger partial charge in [-0.1, -0.05) is 0 Å². The quantitative estimate of drug-likeness (QED) is 0.777. The van der Waals surface area contributed by atoms with E-state index < -0.39 is 0 Å².